The van der Waals surface area contributed by atoms with Crippen molar-refractivity contribution in [2.45, 2.75) is 50.6 Å². The standard InChI is InChI=1S/C22H26N4O2/c27-20(9-8-18-6-3-12-23-16-18)26-15-5-11-22(26)10-4-14-25(21(22)28)17-19-7-1-2-13-24-19/h1-3,6-7,12-13,16H,4-5,8-11,14-15,17H2. The summed E-state index contributed by atoms with van der Waals surface area (Å²) in [6.45, 7) is 1.92. The van der Waals surface area contributed by atoms with Crippen LogP contribution in [0.15, 0.2) is 48.9 Å². The van der Waals surface area contributed by atoms with Crippen molar-refractivity contribution in [3.05, 3.63) is 60.2 Å². The second-order valence-corrected chi connectivity index (χ2v) is 7.69. The van der Waals surface area contributed by atoms with E-state index in [1.165, 1.54) is 0 Å². The average molecular weight is 378 g/mol. The maximum Gasteiger partial charge on any atom is 0.248 e. The van der Waals surface area contributed by atoms with Crippen molar-refractivity contribution in [2.75, 3.05) is 13.1 Å². The van der Waals surface area contributed by atoms with Crippen molar-refractivity contribution in [3.63, 3.8) is 0 Å². The third kappa shape index (κ3) is 3.63. The first kappa shape index (κ1) is 18.6. The minimum atomic E-state index is -0.654. The van der Waals surface area contributed by atoms with Crippen molar-refractivity contribution in [3.8, 4) is 0 Å². The van der Waals surface area contributed by atoms with Gasteiger partial charge in [0.25, 0.3) is 0 Å². The lowest BCUT2D eigenvalue weighted by Crippen LogP contribution is -2.61. The Morgan fingerprint density at radius 1 is 1.07 bits per heavy atom. The van der Waals surface area contributed by atoms with E-state index >= 15 is 0 Å². The predicted molar refractivity (Wildman–Crippen MR) is 105 cm³/mol. The summed E-state index contributed by atoms with van der Waals surface area (Å²) >= 11 is 0. The van der Waals surface area contributed by atoms with Gasteiger partial charge in [-0.3, -0.25) is 19.6 Å². The van der Waals surface area contributed by atoms with Gasteiger partial charge in [0.05, 0.1) is 12.2 Å². The molecule has 2 aromatic rings. The van der Waals surface area contributed by atoms with E-state index in [0.717, 1.165) is 43.5 Å². The summed E-state index contributed by atoms with van der Waals surface area (Å²) in [6, 6.07) is 9.64. The first-order valence-electron chi connectivity index (χ1n) is 10.1. The quantitative estimate of drug-likeness (QED) is 0.802. The van der Waals surface area contributed by atoms with Crippen LogP contribution in [0.3, 0.4) is 0 Å². The number of hydrogen-bond donors (Lipinski definition) is 0. The molecule has 28 heavy (non-hydrogen) atoms. The molecule has 146 valence electrons. The molecule has 0 N–H and O–H groups in total. The van der Waals surface area contributed by atoms with Crippen molar-refractivity contribution in [1.29, 1.82) is 0 Å². The Bertz CT molecular complexity index is 827. The number of hydrogen-bond acceptors (Lipinski definition) is 4. The Labute approximate surface area is 165 Å². The van der Waals surface area contributed by atoms with Gasteiger partial charge in [-0.15, -0.1) is 0 Å². The molecule has 2 saturated heterocycles. The minimum absolute atomic E-state index is 0.0781. The molecule has 4 heterocycles. The minimum Gasteiger partial charge on any atom is -0.335 e. The number of likely N-dealkylation sites (tertiary alicyclic amines) is 2. The number of carbonyl (C=O) groups is 2. The summed E-state index contributed by atoms with van der Waals surface area (Å²) in [6.07, 6.45) is 9.71. The Balaban J connectivity index is 1.47. The topological polar surface area (TPSA) is 66.4 Å². The number of aromatic nitrogens is 2. The van der Waals surface area contributed by atoms with Gasteiger partial charge in [0, 0.05) is 38.1 Å². The van der Waals surface area contributed by atoms with E-state index in [0.29, 0.717) is 25.9 Å². The van der Waals surface area contributed by atoms with Crippen LogP contribution in [0.1, 0.15) is 43.4 Å². The highest BCUT2D eigenvalue weighted by molar-refractivity contribution is 5.92. The van der Waals surface area contributed by atoms with Crippen LogP contribution in [-0.4, -0.2) is 50.2 Å². The van der Waals surface area contributed by atoms with E-state index in [9.17, 15) is 9.59 Å². The van der Waals surface area contributed by atoms with Gasteiger partial charge >= 0.3 is 0 Å². The molecule has 1 atom stereocenters. The van der Waals surface area contributed by atoms with Crippen LogP contribution in [0, 0.1) is 0 Å². The van der Waals surface area contributed by atoms with Crippen LogP contribution in [0.25, 0.3) is 0 Å². The van der Waals surface area contributed by atoms with E-state index in [1.54, 1.807) is 18.6 Å². The molecule has 2 aromatic heterocycles. The molecule has 2 amide bonds. The van der Waals surface area contributed by atoms with Gasteiger partial charge in [0.1, 0.15) is 5.54 Å². The Morgan fingerprint density at radius 3 is 2.68 bits per heavy atom. The first-order chi connectivity index (χ1) is 13.7. The molecule has 6 nitrogen and oxygen atoms in total. The number of pyridine rings is 2. The number of amides is 2. The highest BCUT2D eigenvalue weighted by atomic mass is 16.2. The number of piperidine rings is 1. The summed E-state index contributed by atoms with van der Waals surface area (Å²) in [7, 11) is 0. The van der Waals surface area contributed by atoms with Crippen molar-refractivity contribution in [1.82, 2.24) is 19.8 Å². The summed E-state index contributed by atoms with van der Waals surface area (Å²) in [4.78, 5) is 38.7. The normalized spacial score (nSPS) is 22.1. The molecule has 0 saturated carbocycles. The van der Waals surface area contributed by atoms with E-state index in [1.807, 2.05) is 40.1 Å². The van der Waals surface area contributed by atoms with Crippen molar-refractivity contribution < 1.29 is 9.59 Å². The SMILES string of the molecule is O=C(CCc1cccnc1)N1CCCC12CCCN(Cc1ccccn1)C2=O. The fourth-order valence-corrected chi connectivity index (χ4v) is 4.56. The van der Waals surface area contributed by atoms with Crippen molar-refractivity contribution >= 4 is 11.8 Å². The largest absolute Gasteiger partial charge is 0.335 e. The molecule has 0 aliphatic carbocycles. The second-order valence-electron chi connectivity index (χ2n) is 7.69. The fraction of sp³-hybridized carbons (Fsp3) is 0.455. The van der Waals surface area contributed by atoms with Crippen LogP contribution >= 0.6 is 0 Å². The first-order valence-corrected chi connectivity index (χ1v) is 10.1. The molecule has 6 heteroatoms. The second kappa shape index (κ2) is 8.09. The maximum absolute atomic E-state index is 13.4. The smallest absolute Gasteiger partial charge is 0.248 e. The number of nitrogens with zero attached hydrogens (tertiary/aromatic N) is 4. The van der Waals surface area contributed by atoms with E-state index < -0.39 is 5.54 Å². The van der Waals surface area contributed by atoms with Crippen LogP contribution in [0.5, 0.6) is 0 Å². The Morgan fingerprint density at radius 2 is 1.93 bits per heavy atom. The monoisotopic (exact) mass is 378 g/mol. The van der Waals surface area contributed by atoms with E-state index in [4.69, 9.17) is 0 Å². The van der Waals surface area contributed by atoms with Gasteiger partial charge in [-0.25, -0.2) is 0 Å². The van der Waals surface area contributed by atoms with Gasteiger partial charge in [0.15, 0.2) is 0 Å². The van der Waals surface area contributed by atoms with E-state index in [2.05, 4.69) is 9.97 Å². The molecule has 1 unspecified atom stereocenters. The molecule has 2 aliphatic heterocycles. The summed E-state index contributed by atoms with van der Waals surface area (Å²) in [5.74, 6) is 0.172. The number of rotatable bonds is 5. The molecular formula is C22H26N4O2. The third-order valence-corrected chi connectivity index (χ3v) is 5.92. The molecule has 2 fully saturated rings. The molecule has 0 aromatic carbocycles. The molecule has 2 aliphatic rings. The summed E-state index contributed by atoms with van der Waals surface area (Å²) < 4.78 is 0. The molecule has 0 bridgehead atoms. The molecule has 0 radical (unpaired) electrons. The average Bonchev–Trinajstić information content (AvgIpc) is 3.16. The van der Waals surface area contributed by atoms with Gasteiger partial charge in [-0.2, -0.15) is 0 Å². The lowest BCUT2D eigenvalue weighted by molar-refractivity contribution is -0.155. The molecule has 1 spiro atoms. The van der Waals surface area contributed by atoms with Gasteiger partial charge in [-0.1, -0.05) is 12.1 Å². The van der Waals surface area contributed by atoms with Crippen molar-refractivity contribution in [2.24, 2.45) is 0 Å². The van der Waals surface area contributed by atoms with Crippen LogP contribution < -0.4 is 0 Å². The number of carbonyl (C=O) groups excluding carboxylic acids is 2. The fourth-order valence-electron chi connectivity index (χ4n) is 4.56. The van der Waals surface area contributed by atoms with Gasteiger partial charge in [-0.05, 0) is 55.9 Å². The Hall–Kier alpha value is -2.76. The molecule has 4 rings (SSSR count). The van der Waals surface area contributed by atoms with Crippen LogP contribution in [0.4, 0.5) is 0 Å². The summed E-state index contributed by atoms with van der Waals surface area (Å²) in [5.41, 5.74) is 1.29. The maximum atomic E-state index is 13.4. The lowest BCUT2D eigenvalue weighted by atomic mass is 9.85. The van der Waals surface area contributed by atoms with Crippen LogP contribution in [0.2, 0.25) is 0 Å². The van der Waals surface area contributed by atoms with Gasteiger partial charge < -0.3 is 9.80 Å². The van der Waals surface area contributed by atoms with Gasteiger partial charge in [0.2, 0.25) is 11.8 Å². The lowest BCUT2D eigenvalue weighted by Gasteiger charge is -2.44. The number of aryl methyl sites for hydroxylation is 1. The van der Waals surface area contributed by atoms with Crippen LogP contribution in [-0.2, 0) is 22.6 Å². The third-order valence-electron chi connectivity index (χ3n) is 5.92. The highest BCUT2D eigenvalue weighted by Gasteiger charge is 2.52. The molecular weight excluding hydrogens is 352 g/mol. The highest BCUT2D eigenvalue weighted by Crippen LogP contribution is 2.39. The zero-order valence-corrected chi connectivity index (χ0v) is 16.1. The Kier molecular flexibility index (Phi) is 5.37. The predicted octanol–water partition coefficient (Wildman–Crippen LogP) is 2.59. The zero-order chi connectivity index (χ0) is 19.4. The zero-order valence-electron chi connectivity index (χ0n) is 16.1. The summed E-state index contributed by atoms with van der Waals surface area (Å²) in [5, 5.41) is 0. The van der Waals surface area contributed by atoms with E-state index in [-0.39, 0.29) is 11.8 Å².